The number of benzene rings is 1. The predicted molar refractivity (Wildman–Crippen MR) is 77.4 cm³/mol. The van der Waals surface area contributed by atoms with E-state index in [2.05, 4.69) is 31.1 Å². The lowest BCUT2D eigenvalue weighted by Crippen LogP contribution is -2.29. The molecule has 112 valence electrons. The lowest BCUT2D eigenvalue weighted by Gasteiger charge is -2.20. The van der Waals surface area contributed by atoms with Crippen LogP contribution in [0, 0.1) is 5.82 Å². The minimum Gasteiger partial charge on any atom is -0.508 e. The Kier molecular flexibility index (Phi) is 6.45. The van der Waals surface area contributed by atoms with E-state index >= 15 is 0 Å². The van der Waals surface area contributed by atoms with Gasteiger partial charge in [0.15, 0.2) is 0 Å². The number of aromatic hydroxyl groups is 1. The molecular formula is C15H23FN2O2. The van der Waals surface area contributed by atoms with Gasteiger partial charge in [0.25, 0.3) is 5.91 Å². The second-order valence-corrected chi connectivity index (χ2v) is 5.20. The van der Waals surface area contributed by atoms with E-state index in [-0.39, 0.29) is 11.3 Å². The minimum absolute atomic E-state index is 0.0397. The molecule has 20 heavy (non-hydrogen) atoms. The number of phenolic OH excluding ortho intramolecular Hbond substituents is 1. The molecule has 0 saturated heterocycles. The summed E-state index contributed by atoms with van der Waals surface area (Å²) in [4.78, 5) is 14.0. The average molecular weight is 282 g/mol. The quantitative estimate of drug-likeness (QED) is 0.755. The van der Waals surface area contributed by atoms with Crippen LogP contribution in [0.25, 0.3) is 0 Å². The molecule has 0 heterocycles. The number of rotatable bonds is 7. The molecule has 0 aromatic heterocycles. The zero-order valence-electron chi connectivity index (χ0n) is 12.3. The first-order chi connectivity index (χ1) is 9.41. The van der Waals surface area contributed by atoms with Crippen molar-refractivity contribution < 1.29 is 14.3 Å². The zero-order valence-corrected chi connectivity index (χ0v) is 12.3. The highest BCUT2D eigenvalue weighted by Crippen LogP contribution is 2.14. The van der Waals surface area contributed by atoms with Crippen LogP contribution in [0.15, 0.2) is 18.2 Å². The number of hydrogen-bond acceptors (Lipinski definition) is 3. The first kappa shape index (κ1) is 16.4. The molecule has 0 spiro atoms. The summed E-state index contributed by atoms with van der Waals surface area (Å²) in [6, 6.07) is 4.03. The predicted octanol–water partition coefficient (Wildman–Crippen LogP) is 2.38. The van der Waals surface area contributed by atoms with Crippen LogP contribution in [0.4, 0.5) is 4.39 Å². The summed E-state index contributed by atoms with van der Waals surface area (Å²) in [5.41, 5.74) is -0.0397. The van der Waals surface area contributed by atoms with E-state index in [4.69, 9.17) is 5.11 Å². The number of phenols is 1. The van der Waals surface area contributed by atoms with Gasteiger partial charge in [-0.15, -0.1) is 0 Å². The van der Waals surface area contributed by atoms with Crippen molar-refractivity contribution in [1.29, 1.82) is 0 Å². The van der Waals surface area contributed by atoms with Crippen molar-refractivity contribution in [2.75, 3.05) is 20.1 Å². The number of amides is 1. The first-order valence-corrected chi connectivity index (χ1v) is 6.88. The van der Waals surface area contributed by atoms with E-state index < -0.39 is 11.7 Å². The van der Waals surface area contributed by atoms with Gasteiger partial charge in [-0.3, -0.25) is 4.79 Å². The van der Waals surface area contributed by atoms with Gasteiger partial charge in [-0.1, -0.05) is 0 Å². The number of hydrogen-bond donors (Lipinski definition) is 2. The Morgan fingerprint density at radius 1 is 1.40 bits per heavy atom. The van der Waals surface area contributed by atoms with Crippen molar-refractivity contribution in [3.05, 3.63) is 29.6 Å². The lowest BCUT2D eigenvalue weighted by molar-refractivity contribution is 0.0948. The van der Waals surface area contributed by atoms with Gasteiger partial charge >= 0.3 is 0 Å². The van der Waals surface area contributed by atoms with E-state index in [0.717, 1.165) is 25.5 Å². The standard InChI is InChI=1S/C15H23FN2O2/c1-11(2)18(3)9-5-4-8-17-15(20)13-7-6-12(19)10-14(13)16/h6-7,10-11,19H,4-5,8-9H2,1-3H3,(H,17,20). The molecule has 1 aromatic rings. The highest BCUT2D eigenvalue weighted by Gasteiger charge is 2.11. The largest absolute Gasteiger partial charge is 0.508 e. The third kappa shape index (κ3) is 5.17. The number of carbonyl (C=O) groups excluding carboxylic acids is 1. The topological polar surface area (TPSA) is 52.6 Å². The Hall–Kier alpha value is -1.62. The summed E-state index contributed by atoms with van der Waals surface area (Å²) in [5.74, 6) is -1.34. The molecule has 0 saturated carbocycles. The van der Waals surface area contributed by atoms with Gasteiger partial charge in [0.1, 0.15) is 11.6 Å². The summed E-state index contributed by atoms with van der Waals surface area (Å²) in [7, 11) is 2.06. The normalized spacial score (nSPS) is 11.1. The summed E-state index contributed by atoms with van der Waals surface area (Å²) in [6.07, 6.45) is 1.83. The van der Waals surface area contributed by atoms with Gasteiger partial charge in [0, 0.05) is 18.7 Å². The number of halogens is 1. The highest BCUT2D eigenvalue weighted by molar-refractivity contribution is 5.94. The van der Waals surface area contributed by atoms with Gasteiger partial charge in [-0.05, 0) is 52.4 Å². The van der Waals surface area contributed by atoms with Gasteiger partial charge in [-0.2, -0.15) is 0 Å². The van der Waals surface area contributed by atoms with Crippen LogP contribution in [0.2, 0.25) is 0 Å². The fraction of sp³-hybridized carbons (Fsp3) is 0.533. The Morgan fingerprint density at radius 2 is 2.10 bits per heavy atom. The highest BCUT2D eigenvalue weighted by atomic mass is 19.1. The molecule has 1 amide bonds. The summed E-state index contributed by atoms with van der Waals surface area (Å²) < 4.78 is 13.4. The third-order valence-corrected chi connectivity index (χ3v) is 3.30. The maximum atomic E-state index is 13.4. The maximum absolute atomic E-state index is 13.4. The van der Waals surface area contributed by atoms with E-state index in [1.807, 2.05) is 0 Å². The van der Waals surface area contributed by atoms with Crippen LogP contribution in [0.1, 0.15) is 37.0 Å². The van der Waals surface area contributed by atoms with Crippen molar-refractivity contribution in [2.45, 2.75) is 32.7 Å². The van der Waals surface area contributed by atoms with Crippen LogP contribution in [0.3, 0.4) is 0 Å². The van der Waals surface area contributed by atoms with E-state index in [1.165, 1.54) is 12.1 Å². The van der Waals surface area contributed by atoms with Crippen LogP contribution in [-0.2, 0) is 0 Å². The molecule has 4 nitrogen and oxygen atoms in total. The molecule has 0 bridgehead atoms. The van der Waals surface area contributed by atoms with Crippen LogP contribution < -0.4 is 5.32 Å². The van der Waals surface area contributed by atoms with E-state index in [1.54, 1.807) is 0 Å². The summed E-state index contributed by atoms with van der Waals surface area (Å²) >= 11 is 0. The molecule has 5 heteroatoms. The number of unbranched alkanes of at least 4 members (excludes halogenated alkanes) is 1. The van der Waals surface area contributed by atoms with Gasteiger partial charge in [0.2, 0.25) is 0 Å². The Labute approximate surface area is 119 Å². The molecule has 0 unspecified atom stereocenters. The smallest absolute Gasteiger partial charge is 0.254 e. The van der Waals surface area contributed by atoms with E-state index in [0.29, 0.717) is 12.6 Å². The Balaban J connectivity index is 2.30. The fourth-order valence-electron chi connectivity index (χ4n) is 1.73. The van der Waals surface area contributed by atoms with Crippen LogP contribution in [-0.4, -0.2) is 42.1 Å². The van der Waals surface area contributed by atoms with Crippen molar-refractivity contribution >= 4 is 5.91 Å². The molecule has 2 N–H and O–H groups in total. The SMILES string of the molecule is CC(C)N(C)CCCCNC(=O)c1ccc(O)cc1F. The van der Waals surface area contributed by atoms with Crippen molar-refractivity contribution in [1.82, 2.24) is 10.2 Å². The Morgan fingerprint density at radius 3 is 2.70 bits per heavy atom. The molecular weight excluding hydrogens is 259 g/mol. The van der Waals surface area contributed by atoms with Gasteiger partial charge in [-0.25, -0.2) is 4.39 Å². The molecule has 0 aliphatic rings. The molecule has 1 aromatic carbocycles. The van der Waals surface area contributed by atoms with Gasteiger partial charge in [0.05, 0.1) is 5.56 Å². The lowest BCUT2D eigenvalue weighted by atomic mass is 10.2. The van der Waals surface area contributed by atoms with Crippen LogP contribution >= 0.6 is 0 Å². The van der Waals surface area contributed by atoms with Crippen molar-refractivity contribution in [2.24, 2.45) is 0 Å². The minimum atomic E-state index is -0.706. The van der Waals surface area contributed by atoms with Crippen molar-refractivity contribution in [3.8, 4) is 5.75 Å². The second-order valence-electron chi connectivity index (χ2n) is 5.20. The third-order valence-electron chi connectivity index (χ3n) is 3.30. The first-order valence-electron chi connectivity index (χ1n) is 6.88. The molecule has 0 aliphatic carbocycles. The number of carbonyl (C=O) groups is 1. The van der Waals surface area contributed by atoms with Crippen LogP contribution in [0.5, 0.6) is 5.75 Å². The number of nitrogens with one attached hydrogen (secondary N) is 1. The average Bonchev–Trinajstić information content (AvgIpc) is 2.37. The summed E-state index contributed by atoms with van der Waals surface area (Å²) in [5, 5.41) is 11.8. The number of nitrogens with zero attached hydrogens (tertiary/aromatic N) is 1. The summed E-state index contributed by atoms with van der Waals surface area (Å²) in [6.45, 7) is 5.76. The van der Waals surface area contributed by atoms with Gasteiger partial charge < -0.3 is 15.3 Å². The van der Waals surface area contributed by atoms with E-state index in [9.17, 15) is 9.18 Å². The molecule has 0 aliphatic heterocycles. The molecule has 0 atom stereocenters. The molecule has 0 radical (unpaired) electrons. The van der Waals surface area contributed by atoms with Crippen molar-refractivity contribution in [3.63, 3.8) is 0 Å². The fourth-order valence-corrected chi connectivity index (χ4v) is 1.73. The zero-order chi connectivity index (χ0) is 15.1. The maximum Gasteiger partial charge on any atom is 0.254 e. The second kappa shape index (κ2) is 7.85. The monoisotopic (exact) mass is 282 g/mol. The Bertz CT molecular complexity index is 449. The molecule has 1 rings (SSSR count). The molecule has 0 fully saturated rings.